The quantitative estimate of drug-likeness (QED) is 0.627. The van der Waals surface area contributed by atoms with Gasteiger partial charge in [0.2, 0.25) is 11.8 Å². The number of para-hydroxylation sites is 1. The molecule has 7 heteroatoms. The molecule has 1 aliphatic rings. The van der Waals surface area contributed by atoms with Gasteiger partial charge >= 0.3 is 0 Å². The van der Waals surface area contributed by atoms with Crippen LogP contribution in [0.5, 0.6) is 0 Å². The molecule has 1 heterocycles. The molecule has 7 nitrogen and oxygen atoms in total. The first-order chi connectivity index (χ1) is 13.3. The van der Waals surface area contributed by atoms with Gasteiger partial charge in [0, 0.05) is 29.9 Å². The van der Waals surface area contributed by atoms with E-state index in [1.165, 1.54) is 17.0 Å². The number of nitro groups is 1. The highest BCUT2D eigenvalue weighted by Gasteiger charge is 2.27. The summed E-state index contributed by atoms with van der Waals surface area (Å²) >= 11 is 0. The molecule has 1 aliphatic heterocycles. The molecule has 2 aromatic rings. The van der Waals surface area contributed by atoms with Gasteiger partial charge in [-0.05, 0) is 42.0 Å². The summed E-state index contributed by atoms with van der Waals surface area (Å²) in [5, 5.41) is 13.9. The number of hydrogen-bond acceptors (Lipinski definition) is 4. The van der Waals surface area contributed by atoms with Crippen molar-refractivity contribution in [2.45, 2.75) is 39.5 Å². The number of rotatable bonds is 5. The third-order valence-electron chi connectivity index (χ3n) is 4.97. The van der Waals surface area contributed by atoms with E-state index in [-0.39, 0.29) is 36.4 Å². The van der Waals surface area contributed by atoms with E-state index in [9.17, 15) is 19.7 Å². The summed E-state index contributed by atoms with van der Waals surface area (Å²) in [6, 6.07) is 10.3. The van der Waals surface area contributed by atoms with Crippen LogP contribution in [0.15, 0.2) is 36.4 Å². The lowest BCUT2D eigenvalue weighted by Gasteiger charge is -2.29. The van der Waals surface area contributed by atoms with Crippen molar-refractivity contribution >= 4 is 28.9 Å². The lowest BCUT2D eigenvalue weighted by Crippen LogP contribution is -2.41. The highest BCUT2D eigenvalue weighted by molar-refractivity contribution is 6.04. The summed E-state index contributed by atoms with van der Waals surface area (Å²) in [7, 11) is 0. The van der Waals surface area contributed by atoms with Crippen molar-refractivity contribution in [1.82, 2.24) is 0 Å². The van der Waals surface area contributed by atoms with Gasteiger partial charge in [-0.1, -0.05) is 32.0 Å². The number of hydrogen-bond donors (Lipinski definition) is 1. The third-order valence-corrected chi connectivity index (χ3v) is 4.97. The Morgan fingerprint density at radius 1 is 1.25 bits per heavy atom. The van der Waals surface area contributed by atoms with Gasteiger partial charge in [0.25, 0.3) is 5.69 Å². The Morgan fingerprint density at radius 3 is 2.68 bits per heavy atom. The second-order valence-electron chi connectivity index (χ2n) is 7.29. The molecular weight excluding hydrogens is 358 g/mol. The van der Waals surface area contributed by atoms with Crippen molar-refractivity contribution in [2.24, 2.45) is 0 Å². The Labute approximate surface area is 163 Å². The minimum absolute atomic E-state index is 0.0148. The first-order valence-electron chi connectivity index (χ1n) is 9.25. The Balaban J connectivity index is 1.84. The van der Waals surface area contributed by atoms with Crippen LogP contribution in [0, 0.1) is 17.0 Å². The zero-order valence-electron chi connectivity index (χ0n) is 16.2. The number of nitrogens with zero attached hydrogens (tertiary/aromatic N) is 2. The number of nitrogens with one attached hydrogen (secondary N) is 1. The van der Waals surface area contributed by atoms with Crippen molar-refractivity contribution in [3.05, 3.63) is 63.2 Å². The van der Waals surface area contributed by atoms with Crippen molar-refractivity contribution in [3.8, 4) is 0 Å². The fourth-order valence-electron chi connectivity index (χ4n) is 3.50. The van der Waals surface area contributed by atoms with E-state index in [4.69, 9.17) is 0 Å². The molecule has 28 heavy (non-hydrogen) atoms. The predicted octanol–water partition coefficient (Wildman–Crippen LogP) is 3.94. The maximum absolute atomic E-state index is 12.7. The van der Waals surface area contributed by atoms with Crippen LogP contribution in [0.1, 0.15) is 42.9 Å². The molecule has 2 aromatic carbocycles. The molecule has 3 rings (SSSR count). The lowest BCUT2D eigenvalue weighted by atomic mass is 9.98. The minimum atomic E-state index is -0.459. The molecule has 0 radical (unpaired) electrons. The fourth-order valence-corrected chi connectivity index (χ4v) is 3.50. The van der Waals surface area contributed by atoms with Crippen LogP contribution in [-0.2, 0) is 16.0 Å². The molecule has 0 aromatic heterocycles. The van der Waals surface area contributed by atoms with Gasteiger partial charge in [0.15, 0.2) is 0 Å². The summed E-state index contributed by atoms with van der Waals surface area (Å²) in [6.45, 7) is 5.92. The number of amides is 2. The molecule has 2 amide bonds. The zero-order valence-corrected chi connectivity index (χ0v) is 16.2. The predicted molar refractivity (Wildman–Crippen MR) is 108 cm³/mol. The molecule has 0 atom stereocenters. The number of benzene rings is 2. The monoisotopic (exact) mass is 381 g/mol. The average Bonchev–Trinajstić information content (AvgIpc) is 2.65. The zero-order chi connectivity index (χ0) is 20.4. The maximum Gasteiger partial charge on any atom is 0.269 e. The number of fused-ring (bicyclic) bond motifs is 1. The van der Waals surface area contributed by atoms with Crippen LogP contribution in [0.3, 0.4) is 0 Å². The van der Waals surface area contributed by atoms with Crippen LogP contribution in [0.4, 0.5) is 17.1 Å². The smallest absolute Gasteiger partial charge is 0.269 e. The van der Waals surface area contributed by atoms with Gasteiger partial charge < -0.3 is 10.2 Å². The molecule has 1 N–H and O–H groups in total. The molecule has 0 unspecified atom stereocenters. The van der Waals surface area contributed by atoms with Gasteiger partial charge in [-0.3, -0.25) is 19.7 Å². The third kappa shape index (κ3) is 3.88. The Kier molecular flexibility index (Phi) is 5.44. The molecule has 0 fully saturated rings. The maximum atomic E-state index is 12.7. The summed E-state index contributed by atoms with van der Waals surface area (Å²) < 4.78 is 0. The van der Waals surface area contributed by atoms with E-state index in [2.05, 4.69) is 19.2 Å². The Hall–Kier alpha value is -3.22. The van der Waals surface area contributed by atoms with Crippen LogP contribution < -0.4 is 10.2 Å². The van der Waals surface area contributed by atoms with E-state index < -0.39 is 4.92 Å². The highest BCUT2D eigenvalue weighted by Crippen LogP contribution is 2.31. The molecule has 0 saturated heterocycles. The number of carbonyl (C=O) groups excluding carboxylic acids is 2. The SMILES string of the molecule is Cc1cccc(C(C)C)c1NC(=O)CN1C(=O)CCc2cc([N+](=O)[O-])ccc21. The van der Waals surface area contributed by atoms with Gasteiger partial charge in [-0.15, -0.1) is 0 Å². The van der Waals surface area contributed by atoms with E-state index >= 15 is 0 Å². The van der Waals surface area contributed by atoms with E-state index in [0.717, 1.165) is 16.8 Å². The van der Waals surface area contributed by atoms with Crippen molar-refractivity contribution in [2.75, 3.05) is 16.8 Å². The number of anilines is 2. The highest BCUT2D eigenvalue weighted by atomic mass is 16.6. The standard InChI is InChI=1S/C21H23N3O4/c1-13(2)17-6-4-5-14(3)21(17)22-19(25)12-23-18-9-8-16(24(27)28)11-15(18)7-10-20(23)26/h4-6,8-9,11,13H,7,10,12H2,1-3H3,(H,22,25). The largest absolute Gasteiger partial charge is 0.324 e. The second-order valence-corrected chi connectivity index (χ2v) is 7.29. The molecular formula is C21H23N3O4. The molecule has 0 bridgehead atoms. The van der Waals surface area contributed by atoms with E-state index in [1.54, 1.807) is 6.07 Å². The van der Waals surface area contributed by atoms with Crippen molar-refractivity contribution in [1.29, 1.82) is 0 Å². The first-order valence-corrected chi connectivity index (χ1v) is 9.25. The summed E-state index contributed by atoms with van der Waals surface area (Å²) in [5.41, 5.74) is 4.02. The van der Waals surface area contributed by atoms with Gasteiger partial charge in [0.1, 0.15) is 6.54 Å². The number of nitro benzene ring substituents is 1. The van der Waals surface area contributed by atoms with Crippen LogP contribution in [-0.4, -0.2) is 23.3 Å². The minimum Gasteiger partial charge on any atom is -0.324 e. The second kappa shape index (κ2) is 7.80. The van der Waals surface area contributed by atoms with Crippen LogP contribution >= 0.6 is 0 Å². The summed E-state index contributed by atoms with van der Waals surface area (Å²) in [5.74, 6) is -0.214. The molecule has 0 spiro atoms. The molecule has 146 valence electrons. The van der Waals surface area contributed by atoms with Crippen LogP contribution in [0.2, 0.25) is 0 Å². The fraction of sp³-hybridized carbons (Fsp3) is 0.333. The lowest BCUT2D eigenvalue weighted by molar-refractivity contribution is -0.384. The van der Waals surface area contributed by atoms with Gasteiger partial charge in [-0.25, -0.2) is 0 Å². The summed E-state index contributed by atoms with van der Waals surface area (Å²) in [4.78, 5) is 37.1. The van der Waals surface area contributed by atoms with Crippen LogP contribution in [0.25, 0.3) is 0 Å². The molecule has 0 saturated carbocycles. The Bertz CT molecular complexity index is 953. The number of carbonyl (C=O) groups is 2. The number of aryl methyl sites for hydroxylation is 2. The summed E-state index contributed by atoms with van der Waals surface area (Å²) in [6.07, 6.45) is 0.659. The molecule has 0 aliphatic carbocycles. The van der Waals surface area contributed by atoms with Crippen molar-refractivity contribution in [3.63, 3.8) is 0 Å². The average molecular weight is 381 g/mol. The number of non-ortho nitro benzene ring substituents is 1. The Morgan fingerprint density at radius 2 is 2.00 bits per heavy atom. The van der Waals surface area contributed by atoms with E-state index in [1.807, 2.05) is 25.1 Å². The van der Waals surface area contributed by atoms with Gasteiger partial charge in [-0.2, -0.15) is 0 Å². The normalized spacial score (nSPS) is 13.4. The van der Waals surface area contributed by atoms with Crippen molar-refractivity contribution < 1.29 is 14.5 Å². The first kappa shape index (κ1) is 19.5. The topological polar surface area (TPSA) is 92.6 Å². The van der Waals surface area contributed by atoms with E-state index in [0.29, 0.717) is 17.7 Å². The van der Waals surface area contributed by atoms with Gasteiger partial charge in [0.05, 0.1) is 4.92 Å².